The molecule has 0 aliphatic rings. The van der Waals surface area contributed by atoms with Gasteiger partial charge in [0, 0.05) is 20.4 Å². The molecule has 0 amide bonds. The van der Waals surface area contributed by atoms with E-state index in [1.807, 2.05) is 19.9 Å². The lowest BCUT2D eigenvalue weighted by Gasteiger charge is -2.15. The van der Waals surface area contributed by atoms with Gasteiger partial charge in [-0.05, 0) is 26.0 Å². The highest BCUT2D eigenvalue weighted by molar-refractivity contribution is 14.1. The molecular formula is C12H24ClIN2OSi. The summed E-state index contributed by atoms with van der Waals surface area (Å²) in [4.78, 5) is 4.21. The summed E-state index contributed by atoms with van der Waals surface area (Å²) in [5, 5.41) is 3.68. The molecule has 1 atom stereocenters. The zero-order valence-electron chi connectivity index (χ0n) is 11.9. The smallest absolute Gasteiger partial charge is 0.126 e. The number of rotatable bonds is 8. The Labute approximate surface area is 131 Å². The number of nitrogens with one attached hydrogen (secondary N) is 1. The van der Waals surface area contributed by atoms with Gasteiger partial charge in [0.25, 0.3) is 0 Å². The van der Waals surface area contributed by atoms with E-state index < -0.39 is 8.07 Å². The van der Waals surface area contributed by atoms with E-state index in [1.165, 1.54) is 6.04 Å². The first-order chi connectivity index (χ1) is 8.20. The van der Waals surface area contributed by atoms with Crippen LogP contribution in [0.1, 0.15) is 13.8 Å². The molecule has 0 aromatic carbocycles. The molecule has 0 saturated heterocycles. The number of hydrogen-bond acceptors (Lipinski definition) is 3. The summed E-state index contributed by atoms with van der Waals surface area (Å²) in [6.45, 7) is 12.3. The van der Waals surface area contributed by atoms with Crippen molar-refractivity contribution in [1.82, 2.24) is 5.32 Å². The quantitative estimate of drug-likeness (QED) is 0.125. The van der Waals surface area contributed by atoms with Crippen molar-refractivity contribution in [3.63, 3.8) is 0 Å². The van der Waals surface area contributed by atoms with Gasteiger partial charge in [-0.25, -0.2) is 0 Å². The van der Waals surface area contributed by atoms with Gasteiger partial charge >= 0.3 is 0 Å². The highest BCUT2D eigenvalue weighted by atomic mass is 127. The topological polar surface area (TPSA) is 33.6 Å². The molecule has 18 heavy (non-hydrogen) atoms. The molecule has 3 nitrogen and oxygen atoms in total. The number of aliphatic imine (C=N–C) groups is 1. The number of halogens is 2. The first kappa shape index (κ1) is 18.4. The first-order valence-electron chi connectivity index (χ1n) is 6.08. The van der Waals surface area contributed by atoms with Gasteiger partial charge in [-0.2, -0.15) is 0 Å². The number of hydrogen-bond donors (Lipinski definition) is 1. The standard InChI is InChI=1S/C12H24ClIN2OSi/c1-10(8-12(13)16-11(2)14)15-9-17-6-7-18(3,4)5/h8,11,15H,6-7,9H2,1-5H3/b10-8+,16-12?. The van der Waals surface area contributed by atoms with E-state index in [9.17, 15) is 0 Å². The van der Waals surface area contributed by atoms with Crippen LogP contribution in [0.15, 0.2) is 16.8 Å². The predicted octanol–water partition coefficient (Wildman–Crippen LogP) is 4.21. The number of nitrogens with zero attached hydrogens (tertiary/aromatic N) is 1. The molecule has 0 spiro atoms. The zero-order chi connectivity index (χ0) is 14.2. The second-order valence-corrected chi connectivity index (χ2v) is 13.2. The summed E-state index contributed by atoms with van der Waals surface area (Å²) in [5.41, 5.74) is 0.966. The maximum Gasteiger partial charge on any atom is 0.126 e. The van der Waals surface area contributed by atoms with Crippen LogP contribution < -0.4 is 5.32 Å². The average molecular weight is 403 g/mol. The van der Waals surface area contributed by atoms with Gasteiger partial charge in [-0.15, -0.1) is 0 Å². The zero-order valence-corrected chi connectivity index (χ0v) is 15.8. The molecular weight excluding hydrogens is 379 g/mol. The minimum atomic E-state index is -0.987. The predicted molar refractivity (Wildman–Crippen MR) is 92.6 cm³/mol. The third-order valence-corrected chi connectivity index (χ3v) is 4.28. The van der Waals surface area contributed by atoms with E-state index in [2.05, 4.69) is 52.5 Å². The van der Waals surface area contributed by atoms with Crippen LogP contribution in [0.25, 0.3) is 0 Å². The molecule has 0 heterocycles. The lowest BCUT2D eigenvalue weighted by molar-refractivity contribution is 0.135. The summed E-state index contributed by atoms with van der Waals surface area (Å²) >= 11 is 8.17. The van der Waals surface area contributed by atoms with E-state index in [4.69, 9.17) is 16.3 Å². The van der Waals surface area contributed by atoms with Crippen molar-refractivity contribution < 1.29 is 4.74 Å². The Kier molecular flexibility index (Phi) is 9.54. The van der Waals surface area contributed by atoms with E-state index in [-0.39, 0.29) is 4.05 Å². The Morgan fingerprint density at radius 2 is 2.11 bits per heavy atom. The molecule has 6 heteroatoms. The monoisotopic (exact) mass is 402 g/mol. The van der Waals surface area contributed by atoms with Gasteiger partial charge in [0.15, 0.2) is 0 Å². The summed E-state index contributed by atoms with van der Waals surface area (Å²) in [6.07, 6.45) is 1.82. The Morgan fingerprint density at radius 3 is 2.61 bits per heavy atom. The molecule has 0 aromatic rings. The van der Waals surface area contributed by atoms with E-state index >= 15 is 0 Å². The van der Waals surface area contributed by atoms with Crippen molar-refractivity contribution in [2.24, 2.45) is 4.99 Å². The maximum atomic E-state index is 5.96. The summed E-state index contributed by atoms with van der Waals surface area (Å²) < 4.78 is 5.73. The minimum Gasteiger partial charge on any atom is -0.366 e. The van der Waals surface area contributed by atoms with Crippen molar-refractivity contribution in [2.45, 2.75) is 43.6 Å². The summed E-state index contributed by atoms with van der Waals surface area (Å²) in [7, 11) is -0.987. The number of ether oxygens (including phenoxy) is 1. The third kappa shape index (κ3) is 12.9. The lowest BCUT2D eigenvalue weighted by atomic mass is 10.4. The normalized spacial score (nSPS) is 15.7. The molecule has 1 unspecified atom stereocenters. The average Bonchev–Trinajstić information content (AvgIpc) is 2.13. The van der Waals surface area contributed by atoms with Gasteiger partial charge in [0.05, 0.1) is 4.05 Å². The van der Waals surface area contributed by atoms with E-state index in [0.29, 0.717) is 11.9 Å². The Balaban J connectivity index is 3.84. The Bertz CT molecular complexity index is 301. The fraction of sp³-hybridized carbons (Fsp3) is 0.750. The maximum absolute atomic E-state index is 5.96. The molecule has 0 fully saturated rings. The minimum absolute atomic E-state index is 0.187. The molecule has 106 valence electrons. The highest BCUT2D eigenvalue weighted by Crippen LogP contribution is 2.07. The molecule has 0 rings (SSSR count). The van der Waals surface area contributed by atoms with Gasteiger partial charge in [-0.1, -0.05) is 53.8 Å². The van der Waals surface area contributed by atoms with Gasteiger partial charge < -0.3 is 10.1 Å². The highest BCUT2D eigenvalue weighted by Gasteiger charge is 2.11. The lowest BCUT2D eigenvalue weighted by Crippen LogP contribution is -2.24. The fourth-order valence-electron chi connectivity index (χ4n) is 1.05. The van der Waals surface area contributed by atoms with Crippen molar-refractivity contribution in [1.29, 1.82) is 0 Å². The van der Waals surface area contributed by atoms with Crippen LogP contribution in [0.5, 0.6) is 0 Å². The molecule has 1 N–H and O–H groups in total. The van der Waals surface area contributed by atoms with Gasteiger partial charge in [0.2, 0.25) is 0 Å². The van der Waals surface area contributed by atoms with E-state index in [1.54, 1.807) is 0 Å². The number of allylic oxidation sites excluding steroid dienone is 2. The van der Waals surface area contributed by atoms with Crippen LogP contribution in [-0.4, -0.2) is 30.6 Å². The van der Waals surface area contributed by atoms with Gasteiger partial charge in [-0.3, -0.25) is 4.99 Å². The molecule has 0 aliphatic heterocycles. The van der Waals surface area contributed by atoms with Crippen LogP contribution in [0.2, 0.25) is 25.7 Å². The Morgan fingerprint density at radius 1 is 1.50 bits per heavy atom. The van der Waals surface area contributed by atoms with Crippen molar-refractivity contribution in [3.8, 4) is 0 Å². The SMILES string of the molecule is C/C(=C\C(Cl)=NC(C)I)NCOCC[Si](C)(C)C. The Hall–Kier alpha value is 0.407. The summed E-state index contributed by atoms with van der Waals surface area (Å²) in [5.74, 6) is 0. The third-order valence-electron chi connectivity index (χ3n) is 2.09. The molecule has 0 radical (unpaired) electrons. The van der Waals surface area contributed by atoms with Crippen LogP contribution in [0, 0.1) is 0 Å². The summed E-state index contributed by atoms with van der Waals surface area (Å²) in [6, 6.07) is 1.19. The largest absolute Gasteiger partial charge is 0.366 e. The van der Waals surface area contributed by atoms with Crippen LogP contribution in [-0.2, 0) is 4.74 Å². The van der Waals surface area contributed by atoms with Gasteiger partial charge in [0.1, 0.15) is 11.9 Å². The molecule has 0 saturated carbocycles. The van der Waals surface area contributed by atoms with Crippen molar-refractivity contribution in [2.75, 3.05) is 13.3 Å². The van der Waals surface area contributed by atoms with Crippen LogP contribution in [0.4, 0.5) is 0 Å². The first-order valence-corrected chi connectivity index (χ1v) is 11.4. The molecule has 0 aromatic heterocycles. The fourth-order valence-corrected chi connectivity index (χ4v) is 2.58. The second-order valence-electron chi connectivity index (χ2n) is 5.39. The van der Waals surface area contributed by atoms with Crippen LogP contribution in [0.3, 0.4) is 0 Å². The second kappa shape index (κ2) is 9.33. The molecule has 0 bridgehead atoms. The van der Waals surface area contributed by atoms with Crippen molar-refractivity contribution in [3.05, 3.63) is 11.8 Å². The van der Waals surface area contributed by atoms with E-state index in [0.717, 1.165) is 12.3 Å². The molecule has 0 aliphatic carbocycles. The van der Waals surface area contributed by atoms with Crippen molar-refractivity contribution >= 4 is 47.4 Å². The van der Waals surface area contributed by atoms with Crippen LogP contribution >= 0.6 is 34.2 Å². The number of alkyl halides is 1.